The Balaban J connectivity index is 1.76. The summed E-state index contributed by atoms with van der Waals surface area (Å²) in [6.45, 7) is 1.98. The van der Waals surface area contributed by atoms with Crippen molar-refractivity contribution in [2.24, 2.45) is 0 Å². The Kier molecular flexibility index (Phi) is 4.72. The Morgan fingerprint density at radius 3 is 2.31 bits per heavy atom. The Hall–Kier alpha value is -4.37. The molecule has 0 atom stereocenters. The molecular weight excluding hydrogens is 400 g/mol. The lowest BCUT2D eigenvalue weighted by molar-refractivity contribution is 0.414. The number of fused-ring (bicyclic) bond motifs is 3. The molecule has 5 aromatic rings. The van der Waals surface area contributed by atoms with Gasteiger partial charge in [-0.1, -0.05) is 12.1 Å². The van der Waals surface area contributed by atoms with E-state index in [0.717, 1.165) is 56.1 Å². The van der Waals surface area contributed by atoms with Gasteiger partial charge in [-0.05, 0) is 61.0 Å². The zero-order valence-electron chi connectivity index (χ0n) is 18.0. The van der Waals surface area contributed by atoms with E-state index in [2.05, 4.69) is 15.6 Å². The number of hydrogen-bond donors (Lipinski definition) is 0. The highest BCUT2D eigenvalue weighted by Crippen LogP contribution is 2.37. The molecule has 156 valence electrons. The van der Waals surface area contributed by atoms with Crippen LogP contribution in [0.5, 0.6) is 11.5 Å². The molecule has 0 aliphatic heterocycles. The summed E-state index contributed by atoms with van der Waals surface area (Å²) in [4.78, 5) is 9.41. The first-order valence-corrected chi connectivity index (χ1v) is 10.1. The van der Waals surface area contributed by atoms with Crippen LogP contribution in [0, 0.1) is 18.3 Å². The number of imidazole rings is 1. The summed E-state index contributed by atoms with van der Waals surface area (Å²) in [5, 5.41) is 10.0. The van der Waals surface area contributed by atoms with Crippen LogP contribution in [0.25, 0.3) is 38.8 Å². The lowest BCUT2D eigenvalue weighted by atomic mass is 10.0. The van der Waals surface area contributed by atoms with Crippen molar-refractivity contribution in [3.63, 3.8) is 0 Å². The van der Waals surface area contributed by atoms with Gasteiger partial charge in [0.1, 0.15) is 22.8 Å². The number of pyridine rings is 1. The molecular formula is C26H20N4O2. The number of aryl methyl sites for hydroxylation is 1. The first-order chi connectivity index (χ1) is 15.6. The lowest BCUT2D eigenvalue weighted by Gasteiger charge is -2.13. The second-order valence-corrected chi connectivity index (χ2v) is 7.44. The van der Waals surface area contributed by atoms with Crippen molar-refractivity contribution in [2.75, 3.05) is 14.2 Å². The van der Waals surface area contributed by atoms with E-state index >= 15 is 0 Å². The fraction of sp³-hybridized carbons (Fsp3) is 0.115. The number of ether oxygens (including phenoxy) is 2. The van der Waals surface area contributed by atoms with Gasteiger partial charge in [-0.25, -0.2) is 4.98 Å². The third kappa shape index (κ3) is 3.12. The molecule has 6 heteroatoms. The predicted molar refractivity (Wildman–Crippen MR) is 124 cm³/mol. The topological polar surface area (TPSA) is 73.0 Å². The second-order valence-electron chi connectivity index (χ2n) is 7.44. The van der Waals surface area contributed by atoms with E-state index in [1.807, 2.05) is 55.5 Å². The van der Waals surface area contributed by atoms with Crippen molar-refractivity contribution in [1.82, 2.24) is 14.5 Å². The highest BCUT2D eigenvalue weighted by molar-refractivity contribution is 6.05. The summed E-state index contributed by atoms with van der Waals surface area (Å²) >= 11 is 0. The molecule has 0 radical (unpaired) electrons. The third-order valence-electron chi connectivity index (χ3n) is 5.63. The average molecular weight is 420 g/mol. The largest absolute Gasteiger partial charge is 0.497 e. The summed E-state index contributed by atoms with van der Waals surface area (Å²) < 4.78 is 13.2. The van der Waals surface area contributed by atoms with Gasteiger partial charge in [-0.15, -0.1) is 0 Å². The minimum absolute atomic E-state index is 0.618. The molecule has 5 rings (SSSR count). The lowest BCUT2D eigenvalue weighted by Crippen LogP contribution is -1.98. The minimum Gasteiger partial charge on any atom is -0.497 e. The highest BCUT2D eigenvalue weighted by Gasteiger charge is 2.17. The fourth-order valence-electron chi connectivity index (χ4n) is 4.06. The molecule has 0 saturated heterocycles. The quantitative estimate of drug-likeness (QED) is 0.387. The van der Waals surface area contributed by atoms with Crippen LogP contribution < -0.4 is 9.47 Å². The van der Waals surface area contributed by atoms with Crippen LogP contribution in [0.15, 0.2) is 66.9 Å². The number of nitrogens with zero attached hydrogens (tertiary/aromatic N) is 4. The minimum atomic E-state index is 0.618. The summed E-state index contributed by atoms with van der Waals surface area (Å²) in [5.41, 5.74) is 6.13. The van der Waals surface area contributed by atoms with Gasteiger partial charge in [-0.3, -0.25) is 9.55 Å². The van der Waals surface area contributed by atoms with Crippen LogP contribution in [-0.4, -0.2) is 28.8 Å². The molecule has 2 heterocycles. The van der Waals surface area contributed by atoms with E-state index in [4.69, 9.17) is 19.7 Å². The zero-order chi connectivity index (χ0) is 22.2. The second kappa shape index (κ2) is 7.71. The van der Waals surface area contributed by atoms with Crippen LogP contribution in [0.1, 0.15) is 11.4 Å². The summed E-state index contributed by atoms with van der Waals surface area (Å²) in [5.74, 6) is 2.40. The number of aromatic nitrogens is 3. The van der Waals surface area contributed by atoms with Gasteiger partial charge in [0.2, 0.25) is 0 Å². The van der Waals surface area contributed by atoms with Crippen LogP contribution in [0.2, 0.25) is 0 Å². The van der Waals surface area contributed by atoms with E-state index < -0.39 is 0 Å². The van der Waals surface area contributed by atoms with Gasteiger partial charge in [0.25, 0.3) is 0 Å². The van der Waals surface area contributed by atoms with Crippen LogP contribution in [0.3, 0.4) is 0 Å². The van der Waals surface area contributed by atoms with E-state index in [-0.39, 0.29) is 0 Å². The molecule has 0 aliphatic carbocycles. The van der Waals surface area contributed by atoms with Gasteiger partial charge in [0.15, 0.2) is 0 Å². The van der Waals surface area contributed by atoms with E-state index in [1.54, 1.807) is 32.5 Å². The maximum Gasteiger partial charge on any atom is 0.127 e. The van der Waals surface area contributed by atoms with Gasteiger partial charge in [0.05, 0.1) is 43.1 Å². The van der Waals surface area contributed by atoms with Crippen LogP contribution in [-0.2, 0) is 0 Å². The Morgan fingerprint density at radius 2 is 1.66 bits per heavy atom. The van der Waals surface area contributed by atoms with Crippen LogP contribution in [0.4, 0.5) is 0 Å². The SMILES string of the molecule is COc1ccc(-n2c(C)nc3cnc4cc(-c5ccc(C#N)cc5)c(OC)cc4c32)cc1. The van der Waals surface area contributed by atoms with E-state index in [0.29, 0.717) is 5.56 Å². The summed E-state index contributed by atoms with van der Waals surface area (Å²) in [6.07, 6.45) is 1.81. The number of hydrogen-bond acceptors (Lipinski definition) is 5. The van der Waals surface area contributed by atoms with Crippen molar-refractivity contribution in [2.45, 2.75) is 6.92 Å². The Morgan fingerprint density at radius 1 is 0.906 bits per heavy atom. The smallest absolute Gasteiger partial charge is 0.127 e. The summed E-state index contributed by atoms with van der Waals surface area (Å²) in [6, 6.07) is 21.6. The molecule has 0 fully saturated rings. The van der Waals surface area contributed by atoms with Gasteiger partial charge < -0.3 is 9.47 Å². The molecule has 6 nitrogen and oxygen atoms in total. The number of methoxy groups -OCH3 is 2. The maximum absolute atomic E-state index is 9.09. The summed E-state index contributed by atoms with van der Waals surface area (Å²) in [7, 11) is 3.32. The number of rotatable bonds is 4. The fourth-order valence-corrected chi connectivity index (χ4v) is 4.06. The van der Waals surface area contributed by atoms with E-state index in [9.17, 15) is 0 Å². The predicted octanol–water partition coefficient (Wildman–Crippen LogP) is 5.44. The molecule has 0 N–H and O–H groups in total. The van der Waals surface area contributed by atoms with Gasteiger partial charge >= 0.3 is 0 Å². The van der Waals surface area contributed by atoms with Crippen molar-refractivity contribution in [3.05, 3.63) is 78.2 Å². The molecule has 0 aliphatic rings. The van der Waals surface area contributed by atoms with Crippen LogP contribution >= 0.6 is 0 Å². The molecule has 0 saturated carbocycles. The first kappa shape index (κ1) is 19.6. The van der Waals surface area contributed by atoms with Crippen molar-refractivity contribution in [1.29, 1.82) is 5.26 Å². The van der Waals surface area contributed by atoms with Crippen molar-refractivity contribution >= 4 is 21.9 Å². The van der Waals surface area contributed by atoms with E-state index in [1.165, 1.54) is 0 Å². The van der Waals surface area contributed by atoms with Crippen molar-refractivity contribution in [3.8, 4) is 34.4 Å². The molecule has 0 spiro atoms. The highest BCUT2D eigenvalue weighted by atomic mass is 16.5. The van der Waals surface area contributed by atoms with Gasteiger partial charge in [-0.2, -0.15) is 5.26 Å². The molecule has 0 unspecified atom stereocenters. The molecule has 0 bridgehead atoms. The monoisotopic (exact) mass is 420 g/mol. The molecule has 0 amide bonds. The third-order valence-corrected chi connectivity index (χ3v) is 5.63. The number of benzene rings is 3. The maximum atomic E-state index is 9.09. The molecule has 3 aromatic carbocycles. The Labute approximate surface area is 185 Å². The standard InChI is InChI=1S/C26H20N4O2/c1-16-29-24-15-28-23-12-21(18-6-4-17(14-27)5-7-18)25(32-3)13-22(23)26(24)30(16)19-8-10-20(31-2)11-9-19/h4-13,15H,1-3H3. The first-order valence-electron chi connectivity index (χ1n) is 10.1. The Bertz CT molecular complexity index is 1490. The zero-order valence-corrected chi connectivity index (χ0v) is 18.0. The molecule has 2 aromatic heterocycles. The normalized spacial score (nSPS) is 10.9. The molecule has 32 heavy (non-hydrogen) atoms. The van der Waals surface area contributed by atoms with Crippen molar-refractivity contribution < 1.29 is 9.47 Å². The average Bonchev–Trinajstić information content (AvgIpc) is 3.19. The number of nitriles is 1. The van der Waals surface area contributed by atoms with Gasteiger partial charge in [0, 0.05) is 16.6 Å².